The van der Waals surface area contributed by atoms with Crippen molar-refractivity contribution in [2.24, 2.45) is 0 Å². The minimum Gasteiger partial charge on any atom is -0.548 e. The van der Waals surface area contributed by atoms with E-state index in [1.807, 2.05) is 0 Å². The van der Waals surface area contributed by atoms with Gasteiger partial charge in [0.25, 0.3) is 10.1 Å². The van der Waals surface area contributed by atoms with Crippen molar-refractivity contribution in [3.63, 3.8) is 0 Å². The van der Waals surface area contributed by atoms with Gasteiger partial charge in [-0.1, -0.05) is 83.8 Å². The Balaban J connectivity index is 0. The van der Waals surface area contributed by atoms with Gasteiger partial charge in [0.2, 0.25) is 0 Å². The molecule has 0 radical (unpaired) electrons. The van der Waals surface area contributed by atoms with Crippen LogP contribution in [0.15, 0.2) is 12.2 Å². The molecule has 0 aromatic rings. The SMILES string of the molecule is CCCCCCCC/C=C\CCCCCCC(CCC)(C(=O)[O-])S(=O)(=O)O.[Na+]. The Morgan fingerprint density at radius 2 is 1.29 bits per heavy atom. The van der Waals surface area contributed by atoms with Crippen LogP contribution in [0.3, 0.4) is 0 Å². The van der Waals surface area contributed by atoms with Crippen LogP contribution in [0.4, 0.5) is 0 Å². The molecule has 160 valence electrons. The van der Waals surface area contributed by atoms with Crippen molar-refractivity contribution in [2.45, 2.75) is 115 Å². The molecule has 28 heavy (non-hydrogen) atoms. The standard InChI is InChI=1S/C21H40O5S.Na/c1-3-5-6-7-8-9-10-11-12-13-14-15-16-17-19-21(18-4-2,20(22)23)27(24,25)26;/h11-12H,3-10,13-19H2,1-2H3,(H,22,23)(H,24,25,26);/q;+1/p-1/b12-11-;. The summed E-state index contributed by atoms with van der Waals surface area (Å²) >= 11 is 0. The number of hydrogen-bond donors (Lipinski definition) is 1. The number of unbranched alkanes of at least 4 members (excludes halogenated alkanes) is 10. The summed E-state index contributed by atoms with van der Waals surface area (Å²) in [6.45, 7) is 3.92. The summed E-state index contributed by atoms with van der Waals surface area (Å²) in [6, 6.07) is 0. The summed E-state index contributed by atoms with van der Waals surface area (Å²) in [4.78, 5) is 11.4. The van der Waals surface area contributed by atoms with Gasteiger partial charge >= 0.3 is 29.6 Å². The second-order valence-corrected chi connectivity index (χ2v) is 9.22. The van der Waals surface area contributed by atoms with E-state index in [0.717, 1.165) is 32.1 Å². The second kappa shape index (κ2) is 17.9. The summed E-state index contributed by atoms with van der Waals surface area (Å²) in [6.07, 6.45) is 17.7. The Labute approximate surface area is 194 Å². The van der Waals surface area contributed by atoms with Crippen molar-refractivity contribution in [1.29, 1.82) is 0 Å². The molecule has 0 heterocycles. The fourth-order valence-electron chi connectivity index (χ4n) is 3.40. The van der Waals surface area contributed by atoms with Crippen LogP contribution in [0.2, 0.25) is 0 Å². The predicted octanol–water partition coefficient (Wildman–Crippen LogP) is 1.81. The Kier molecular flexibility index (Phi) is 19.4. The van der Waals surface area contributed by atoms with Crippen molar-refractivity contribution in [3.05, 3.63) is 12.2 Å². The van der Waals surface area contributed by atoms with E-state index in [0.29, 0.717) is 12.8 Å². The maximum atomic E-state index is 11.6. The van der Waals surface area contributed by atoms with Crippen LogP contribution in [0.1, 0.15) is 110 Å². The normalized spacial score (nSPS) is 14.0. The molecule has 0 amide bonds. The summed E-state index contributed by atoms with van der Waals surface area (Å²) in [5, 5.41) is 11.4. The average Bonchev–Trinajstić information content (AvgIpc) is 2.59. The van der Waals surface area contributed by atoms with Gasteiger partial charge in [-0.15, -0.1) is 0 Å². The Morgan fingerprint density at radius 3 is 1.71 bits per heavy atom. The Hall–Kier alpha value is 0.120. The van der Waals surface area contributed by atoms with Crippen molar-refractivity contribution in [2.75, 3.05) is 0 Å². The van der Waals surface area contributed by atoms with E-state index >= 15 is 0 Å². The molecule has 0 fully saturated rings. The molecule has 0 aromatic heterocycles. The van der Waals surface area contributed by atoms with E-state index < -0.39 is 20.8 Å². The topological polar surface area (TPSA) is 94.5 Å². The molecular formula is C21H39NaO5S. The number of allylic oxidation sites excluding steroid dienone is 2. The molecule has 0 saturated heterocycles. The molecule has 1 N–H and O–H groups in total. The minimum absolute atomic E-state index is 0. The zero-order valence-corrected chi connectivity index (χ0v) is 21.1. The summed E-state index contributed by atoms with van der Waals surface area (Å²) in [7, 11) is -4.68. The van der Waals surface area contributed by atoms with E-state index in [1.54, 1.807) is 6.92 Å². The quantitative estimate of drug-likeness (QED) is 0.156. The maximum absolute atomic E-state index is 11.6. The molecule has 0 aliphatic carbocycles. The van der Waals surface area contributed by atoms with Crippen molar-refractivity contribution in [3.8, 4) is 0 Å². The monoisotopic (exact) mass is 426 g/mol. The number of rotatable bonds is 18. The molecule has 1 unspecified atom stereocenters. The van der Waals surface area contributed by atoms with Gasteiger partial charge in [0.05, 0.1) is 5.97 Å². The van der Waals surface area contributed by atoms with Crippen LogP contribution in [0.25, 0.3) is 0 Å². The van der Waals surface area contributed by atoms with Gasteiger partial charge < -0.3 is 9.90 Å². The first-order valence-corrected chi connectivity index (χ1v) is 12.1. The van der Waals surface area contributed by atoms with E-state index in [2.05, 4.69) is 19.1 Å². The first-order chi connectivity index (χ1) is 12.8. The van der Waals surface area contributed by atoms with E-state index in [9.17, 15) is 22.9 Å². The van der Waals surface area contributed by atoms with Crippen molar-refractivity contribution < 1.29 is 52.4 Å². The predicted molar refractivity (Wildman–Crippen MR) is 109 cm³/mol. The van der Waals surface area contributed by atoms with Crippen LogP contribution >= 0.6 is 0 Å². The van der Waals surface area contributed by atoms with Gasteiger partial charge in [0.15, 0.2) is 0 Å². The van der Waals surface area contributed by atoms with Crippen molar-refractivity contribution >= 4 is 16.1 Å². The van der Waals surface area contributed by atoms with Crippen LogP contribution < -0.4 is 34.7 Å². The minimum atomic E-state index is -4.68. The third-order valence-electron chi connectivity index (χ3n) is 5.11. The molecule has 7 heteroatoms. The van der Waals surface area contributed by atoms with Crippen molar-refractivity contribution in [1.82, 2.24) is 0 Å². The van der Waals surface area contributed by atoms with Crippen LogP contribution in [0.5, 0.6) is 0 Å². The molecule has 0 aliphatic heterocycles. The smallest absolute Gasteiger partial charge is 0.548 e. The molecule has 0 spiro atoms. The molecule has 0 bridgehead atoms. The largest absolute Gasteiger partial charge is 1.00 e. The van der Waals surface area contributed by atoms with E-state index in [4.69, 9.17) is 0 Å². The van der Waals surface area contributed by atoms with Crippen LogP contribution in [-0.2, 0) is 14.9 Å². The number of carbonyl (C=O) groups is 1. The van der Waals surface area contributed by atoms with E-state index in [-0.39, 0.29) is 42.4 Å². The molecular weight excluding hydrogens is 387 g/mol. The first kappa shape index (κ1) is 30.3. The van der Waals surface area contributed by atoms with Gasteiger partial charge in [-0.05, 0) is 38.5 Å². The molecule has 1 atom stereocenters. The first-order valence-electron chi connectivity index (χ1n) is 10.6. The van der Waals surface area contributed by atoms with Crippen LogP contribution in [-0.4, -0.2) is 23.7 Å². The summed E-state index contributed by atoms with van der Waals surface area (Å²) in [5.74, 6) is -1.69. The van der Waals surface area contributed by atoms with Gasteiger partial charge in [0.1, 0.15) is 4.75 Å². The maximum Gasteiger partial charge on any atom is 1.00 e. The number of carboxylic acid groups (broad SMARTS) is 1. The van der Waals surface area contributed by atoms with Gasteiger partial charge in [-0.3, -0.25) is 4.55 Å². The summed E-state index contributed by atoms with van der Waals surface area (Å²) < 4.78 is 30.4. The average molecular weight is 427 g/mol. The number of carboxylic acids is 1. The zero-order chi connectivity index (χ0) is 20.6. The van der Waals surface area contributed by atoms with Gasteiger partial charge in [0, 0.05) is 0 Å². The third kappa shape index (κ3) is 12.6. The molecule has 5 nitrogen and oxygen atoms in total. The second-order valence-electron chi connectivity index (χ2n) is 7.49. The van der Waals surface area contributed by atoms with Gasteiger partial charge in [-0.25, -0.2) is 0 Å². The number of aliphatic carboxylic acids is 1. The molecule has 0 aliphatic rings. The molecule has 0 saturated carbocycles. The third-order valence-corrected chi connectivity index (χ3v) is 6.67. The number of hydrogen-bond acceptors (Lipinski definition) is 4. The van der Waals surface area contributed by atoms with E-state index in [1.165, 1.54) is 38.5 Å². The fraction of sp³-hybridized carbons (Fsp3) is 0.857. The van der Waals surface area contributed by atoms with Gasteiger partial charge in [-0.2, -0.15) is 8.42 Å². The van der Waals surface area contributed by atoms with Crippen LogP contribution in [0, 0.1) is 0 Å². The zero-order valence-electron chi connectivity index (χ0n) is 18.2. The summed E-state index contributed by atoms with van der Waals surface area (Å²) in [5.41, 5.74) is 0. The molecule has 0 rings (SSSR count). The fourth-order valence-corrected chi connectivity index (χ4v) is 4.48. The molecule has 0 aromatic carbocycles. The Bertz CT molecular complexity index is 519. The Morgan fingerprint density at radius 1 is 0.821 bits per heavy atom. The number of carbonyl (C=O) groups excluding carboxylic acids is 1.